The second-order valence-electron chi connectivity index (χ2n) is 13.6. The Bertz CT molecular complexity index is 2700. The van der Waals surface area contributed by atoms with Crippen LogP contribution in [-0.2, 0) is 0 Å². The zero-order chi connectivity index (χ0) is 42.3. The fraction of sp³-hybridized carbons (Fsp3) is 0.118. The van der Waals surface area contributed by atoms with Gasteiger partial charge in [-0.25, -0.2) is 0 Å². The summed E-state index contributed by atoms with van der Waals surface area (Å²) in [5, 5.41) is 2.35. The van der Waals surface area contributed by atoms with Gasteiger partial charge in [0.05, 0.1) is 0 Å². The molecule has 2 aromatic heterocycles. The van der Waals surface area contributed by atoms with Crippen molar-refractivity contribution in [2.24, 2.45) is 0 Å². The van der Waals surface area contributed by atoms with Crippen molar-refractivity contribution in [1.29, 1.82) is 0 Å². The van der Waals surface area contributed by atoms with E-state index in [0.717, 1.165) is 64.4 Å². The summed E-state index contributed by atoms with van der Waals surface area (Å²) in [6.07, 6.45) is 31.5. The molecule has 0 fully saturated rings. The molecule has 0 saturated heterocycles. The monoisotopic (exact) mass is 768 g/mol. The summed E-state index contributed by atoms with van der Waals surface area (Å²) in [6.45, 7) is 30.2. The molecule has 5 nitrogen and oxygen atoms in total. The molecule has 0 atom stereocenters. The van der Waals surface area contributed by atoms with Crippen LogP contribution in [-0.4, -0.2) is 47.4 Å². The summed E-state index contributed by atoms with van der Waals surface area (Å²) in [4.78, 5) is 19.9. The van der Waals surface area contributed by atoms with E-state index in [9.17, 15) is 0 Å². The van der Waals surface area contributed by atoms with Crippen molar-refractivity contribution < 1.29 is 4.42 Å². The first-order valence-electron chi connectivity index (χ1n) is 20.1. The second kappa shape index (κ2) is 21.2. The maximum absolute atomic E-state index is 6.39. The molecule has 0 N–H and O–H groups in total. The molecule has 2 heterocycles. The standard InChI is InChI=1S/C51H51B3N4O/c1-11-17-21-25-44(53-9)50-57-48(56-49(58-50)38(33-52-8)22-18-12-2)37-27-29-46-45(32-37)55-51(59-46)35(15-5)30-34(7)36-26-28-42-43(31-36)39(16-6)40(23-19-13-3)41(24-20-14-4)47(42)54-10/h11-33,53-54H,1,3-4,6H2,2,5,7-10H3/b18-12-,21-17-,23-19-,24-20-,34-30+,35-15+,38-22+,44-25-. The van der Waals surface area contributed by atoms with Gasteiger partial charge in [0.2, 0.25) is 0 Å². The fourth-order valence-corrected chi connectivity index (χ4v) is 6.91. The van der Waals surface area contributed by atoms with Crippen molar-refractivity contribution in [3.63, 3.8) is 0 Å². The van der Waals surface area contributed by atoms with Crippen molar-refractivity contribution in [2.75, 3.05) is 0 Å². The molecule has 0 unspecified atom stereocenters. The van der Waals surface area contributed by atoms with Gasteiger partial charge in [-0.2, -0.15) is 0 Å². The van der Waals surface area contributed by atoms with Crippen LogP contribution in [0.15, 0.2) is 146 Å². The van der Waals surface area contributed by atoms with Crippen LogP contribution in [0.3, 0.4) is 0 Å². The Balaban J connectivity index is 1.60. The van der Waals surface area contributed by atoms with Crippen LogP contribution in [0.25, 0.3) is 73.7 Å². The van der Waals surface area contributed by atoms with Crippen molar-refractivity contribution >= 4 is 95.2 Å². The number of hydrogen-bond donors (Lipinski definition) is 0. The molecule has 0 amide bonds. The second-order valence-corrected chi connectivity index (χ2v) is 13.6. The van der Waals surface area contributed by atoms with E-state index in [1.165, 1.54) is 16.4 Å². The molecule has 3 aromatic carbocycles. The van der Waals surface area contributed by atoms with E-state index in [1.807, 2.05) is 119 Å². The van der Waals surface area contributed by atoms with Gasteiger partial charge in [0.1, 0.15) is 0 Å². The number of aromatic nitrogens is 4. The van der Waals surface area contributed by atoms with Crippen molar-refractivity contribution in [3.8, 4) is 11.4 Å². The van der Waals surface area contributed by atoms with Crippen LogP contribution in [0.5, 0.6) is 0 Å². The Kier molecular flexibility index (Phi) is 15.6. The number of benzene rings is 3. The maximum atomic E-state index is 6.39. The zero-order valence-corrected chi connectivity index (χ0v) is 35.3. The number of oxazole rings is 1. The van der Waals surface area contributed by atoms with Crippen molar-refractivity contribution in [3.05, 3.63) is 181 Å². The van der Waals surface area contributed by atoms with Crippen molar-refractivity contribution in [1.82, 2.24) is 19.9 Å². The quantitative estimate of drug-likeness (QED) is 0.0696. The topological polar surface area (TPSA) is 64.7 Å². The predicted molar refractivity (Wildman–Crippen MR) is 266 cm³/mol. The fourth-order valence-electron chi connectivity index (χ4n) is 6.91. The van der Waals surface area contributed by atoms with Crippen LogP contribution in [0.1, 0.15) is 60.6 Å². The van der Waals surface area contributed by atoms with E-state index in [0.29, 0.717) is 34.5 Å². The summed E-state index contributed by atoms with van der Waals surface area (Å²) in [5.41, 5.74) is 11.7. The van der Waals surface area contributed by atoms with Crippen molar-refractivity contribution in [2.45, 2.75) is 41.2 Å². The number of nitrogens with zero attached hydrogens (tertiary/aromatic N) is 4. The van der Waals surface area contributed by atoms with E-state index in [1.54, 1.807) is 12.2 Å². The molecule has 5 aromatic rings. The van der Waals surface area contributed by atoms with Gasteiger partial charge >= 0.3 is 201 Å². The zero-order valence-electron chi connectivity index (χ0n) is 35.3. The Morgan fingerprint density at radius 1 is 0.746 bits per heavy atom. The third-order valence-electron chi connectivity index (χ3n) is 9.85. The molecular formula is C51H51B3N4O. The van der Waals surface area contributed by atoms with Gasteiger partial charge < -0.3 is 0 Å². The van der Waals surface area contributed by atoms with E-state index in [2.05, 4.69) is 83.3 Å². The summed E-state index contributed by atoms with van der Waals surface area (Å²) in [5.74, 6) is 4.29. The minimum absolute atomic E-state index is 0.530. The van der Waals surface area contributed by atoms with Crippen LogP contribution >= 0.6 is 0 Å². The van der Waals surface area contributed by atoms with Gasteiger partial charge in [-0.15, -0.1) is 0 Å². The van der Waals surface area contributed by atoms with E-state index < -0.39 is 0 Å². The first-order chi connectivity index (χ1) is 28.8. The molecular weight excluding hydrogens is 717 g/mol. The average Bonchev–Trinajstić information content (AvgIpc) is 3.69. The molecule has 290 valence electrons. The van der Waals surface area contributed by atoms with E-state index >= 15 is 0 Å². The first kappa shape index (κ1) is 43.5. The van der Waals surface area contributed by atoms with Gasteiger partial charge in [0.15, 0.2) is 7.28 Å². The molecule has 0 spiro atoms. The molecule has 8 heteroatoms. The molecule has 0 aliphatic rings. The first-order valence-corrected chi connectivity index (χ1v) is 20.1. The molecule has 0 bridgehead atoms. The van der Waals surface area contributed by atoms with Gasteiger partial charge in [-0.1, -0.05) is 86.7 Å². The molecule has 0 aliphatic carbocycles. The third-order valence-corrected chi connectivity index (χ3v) is 9.85. The summed E-state index contributed by atoms with van der Waals surface area (Å²) in [6, 6.07) is 12.6. The summed E-state index contributed by atoms with van der Waals surface area (Å²) in [7, 11) is 1.62. The van der Waals surface area contributed by atoms with Crippen LogP contribution in [0.4, 0.5) is 0 Å². The third kappa shape index (κ3) is 10.1. The average molecular weight is 768 g/mol. The summed E-state index contributed by atoms with van der Waals surface area (Å²) >= 11 is 0. The molecule has 5 rings (SSSR count). The van der Waals surface area contributed by atoms with Gasteiger partial charge in [-0.3, -0.25) is 0 Å². The summed E-state index contributed by atoms with van der Waals surface area (Å²) < 4.78 is 6.39. The minimum atomic E-state index is 0.530. The van der Waals surface area contributed by atoms with E-state index in [-0.39, 0.29) is 0 Å². The number of rotatable bonds is 17. The normalized spacial score (nSPS) is 13.1. The van der Waals surface area contributed by atoms with Crippen LogP contribution in [0.2, 0.25) is 20.5 Å². The predicted octanol–water partition coefficient (Wildman–Crippen LogP) is 11.6. The molecule has 0 saturated carbocycles. The van der Waals surface area contributed by atoms with E-state index in [4.69, 9.17) is 24.4 Å². The molecule has 0 aliphatic heterocycles. The Morgan fingerprint density at radius 2 is 1.49 bits per heavy atom. The molecule has 0 radical (unpaired) electrons. The Labute approximate surface area is 352 Å². The van der Waals surface area contributed by atoms with Crippen LogP contribution in [0, 0.1) is 0 Å². The van der Waals surface area contributed by atoms with Crippen LogP contribution < -0.4 is 5.46 Å². The van der Waals surface area contributed by atoms with Gasteiger partial charge in [0, 0.05) is 0 Å². The number of fused-ring (bicyclic) bond motifs is 2. The number of hydrogen-bond acceptors (Lipinski definition) is 5. The molecule has 59 heavy (non-hydrogen) atoms. The van der Waals surface area contributed by atoms with Gasteiger partial charge in [0.25, 0.3) is 0 Å². The Morgan fingerprint density at radius 3 is 2.15 bits per heavy atom. The number of allylic oxidation sites excluding steroid dienone is 16. The Hall–Kier alpha value is -6.66. The van der Waals surface area contributed by atoms with Gasteiger partial charge in [-0.05, 0) is 58.5 Å². The SMILES string of the molecule is C=C/C=C\C=C(/BC)c1nc(C(/C=B\C)=C/C=C\C)nc(-c2ccc3oc(C(/C=C(\C)c4ccc5c(BC)c(/C=C\C=C)c(/C=C\C=C)c(C=C)c5c4)=C/C)nc3c2)n1.